The molecule has 0 saturated carbocycles. The molecular weight excluding hydrogens is 419 g/mol. The molecule has 0 nitrogen and oxygen atoms in total. The smallest absolute Gasteiger partial charge is 0.113 e. The van der Waals surface area contributed by atoms with Gasteiger partial charge in [0.1, 0.15) is 0 Å². The topological polar surface area (TPSA) is 0 Å². The van der Waals surface area contributed by atoms with E-state index in [-0.39, 0.29) is 6.71 Å². The Morgan fingerprint density at radius 2 is 2.03 bits per heavy atom. The second kappa shape index (κ2) is 11.7. The van der Waals surface area contributed by atoms with Gasteiger partial charge >= 0.3 is 0 Å². The highest BCUT2D eigenvalue weighted by Crippen LogP contribution is 2.39. The van der Waals surface area contributed by atoms with E-state index in [9.17, 15) is 0 Å². The van der Waals surface area contributed by atoms with Crippen molar-refractivity contribution in [1.82, 2.24) is 0 Å². The first-order chi connectivity index (χ1) is 17.1. The van der Waals surface area contributed by atoms with Crippen molar-refractivity contribution < 1.29 is 0 Å². The van der Waals surface area contributed by atoms with Gasteiger partial charge in [0.25, 0.3) is 0 Å². The van der Waals surface area contributed by atoms with E-state index in [1.54, 1.807) is 0 Å². The Bertz CT molecular complexity index is 1290. The van der Waals surface area contributed by atoms with E-state index in [2.05, 4.69) is 111 Å². The Morgan fingerprint density at radius 3 is 2.86 bits per heavy atom. The molecule has 0 aliphatic heterocycles. The summed E-state index contributed by atoms with van der Waals surface area (Å²) in [5.74, 6) is 0.464. The fourth-order valence-electron chi connectivity index (χ4n) is 5.50. The zero-order valence-electron chi connectivity index (χ0n) is 21.3. The first kappa shape index (κ1) is 24.6. The van der Waals surface area contributed by atoms with Crippen molar-refractivity contribution in [1.29, 1.82) is 0 Å². The molecule has 1 aromatic carbocycles. The van der Waals surface area contributed by atoms with E-state index in [1.807, 2.05) is 25.2 Å². The third kappa shape index (κ3) is 5.59. The Labute approximate surface area is 212 Å². The molecule has 1 atom stereocenters. The van der Waals surface area contributed by atoms with E-state index in [0.29, 0.717) is 5.92 Å². The molecule has 0 aromatic heterocycles. The zero-order chi connectivity index (χ0) is 24.6. The molecule has 0 radical (unpaired) electrons. The molecule has 0 amide bonds. The van der Waals surface area contributed by atoms with Crippen LogP contribution in [0.1, 0.15) is 44.7 Å². The molecule has 1 aromatic rings. The van der Waals surface area contributed by atoms with Gasteiger partial charge in [-0.05, 0) is 66.5 Å². The monoisotopic (exact) mass is 454 g/mol. The first-order valence-electron chi connectivity index (χ1n) is 12.8. The van der Waals surface area contributed by atoms with Crippen LogP contribution in [0.25, 0.3) is 5.47 Å². The molecule has 3 aliphatic carbocycles. The highest BCUT2D eigenvalue weighted by molar-refractivity contribution is 6.91. The van der Waals surface area contributed by atoms with Gasteiger partial charge in [-0.15, -0.1) is 5.73 Å². The number of hydrogen-bond donors (Lipinski definition) is 0. The second-order valence-electron chi connectivity index (χ2n) is 9.44. The third-order valence-corrected chi connectivity index (χ3v) is 7.03. The molecule has 1 unspecified atom stereocenters. The summed E-state index contributed by atoms with van der Waals surface area (Å²) in [4.78, 5) is 0. The molecular formula is C34H35B. The molecule has 0 N–H and O–H groups in total. The van der Waals surface area contributed by atoms with Crippen molar-refractivity contribution in [2.24, 2.45) is 5.92 Å². The van der Waals surface area contributed by atoms with E-state index in [1.165, 1.54) is 38.7 Å². The van der Waals surface area contributed by atoms with Crippen LogP contribution in [0.3, 0.4) is 0 Å². The lowest BCUT2D eigenvalue weighted by molar-refractivity contribution is 0.689. The number of fused-ring (bicyclic) bond motifs is 1. The van der Waals surface area contributed by atoms with Gasteiger partial charge < -0.3 is 0 Å². The van der Waals surface area contributed by atoms with Crippen LogP contribution in [0.4, 0.5) is 0 Å². The summed E-state index contributed by atoms with van der Waals surface area (Å²) in [6, 6.07) is 8.94. The first-order valence-corrected chi connectivity index (χ1v) is 12.8. The molecule has 4 rings (SSSR count). The van der Waals surface area contributed by atoms with Crippen LogP contribution in [-0.4, -0.2) is 6.71 Å². The average Bonchev–Trinajstić information content (AvgIpc) is 3.10. The largest absolute Gasteiger partial charge is 0.237 e. The highest BCUT2D eigenvalue weighted by atomic mass is 14.2. The average molecular weight is 454 g/mol. The van der Waals surface area contributed by atoms with Crippen molar-refractivity contribution >= 4 is 12.2 Å². The van der Waals surface area contributed by atoms with Gasteiger partial charge in [0.15, 0.2) is 0 Å². The SMILES string of the molecule is C=C/C=C1/C=CCC(C)/C1=C(/C)B(C1=CC(/C=C\C=C/C)=C=CC=C1)C1=CCCc2ccccc21. The van der Waals surface area contributed by atoms with Crippen molar-refractivity contribution in [3.05, 3.63) is 154 Å². The normalized spacial score (nSPS) is 22.1. The Hall–Kier alpha value is -3.54. The fraction of sp³-hybridized carbons (Fsp3) is 0.206. The predicted molar refractivity (Wildman–Crippen MR) is 155 cm³/mol. The van der Waals surface area contributed by atoms with Crippen LogP contribution in [0.2, 0.25) is 0 Å². The lowest BCUT2D eigenvalue weighted by Crippen LogP contribution is -2.26. The summed E-state index contributed by atoms with van der Waals surface area (Å²) < 4.78 is 0. The van der Waals surface area contributed by atoms with E-state index in [4.69, 9.17) is 0 Å². The quantitative estimate of drug-likeness (QED) is 0.229. The minimum absolute atomic E-state index is 0.170. The molecule has 1 heteroatoms. The molecule has 0 fully saturated rings. The molecule has 0 heterocycles. The molecule has 3 aliphatic rings. The number of benzene rings is 1. The second-order valence-corrected chi connectivity index (χ2v) is 9.44. The van der Waals surface area contributed by atoms with Crippen molar-refractivity contribution in [2.45, 2.75) is 40.0 Å². The van der Waals surface area contributed by atoms with Gasteiger partial charge in [-0.3, -0.25) is 0 Å². The van der Waals surface area contributed by atoms with Crippen LogP contribution < -0.4 is 0 Å². The Balaban J connectivity index is 1.93. The Kier molecular flexibility index (Phi) is 8.25. The van der Waals surface area contributed by atoms with E-state index >= 15 is 0 Å². The van der Waals surface area contributed by atoms with Crippen LogP contribution >= 0.6 is 0 Å². The van der Waals surface area contributed by atoms with Crippen molar-refractivity contribution in [3.63, 3.8) is 0 Å². The van der Waals surface area contributed by atoms with Gasteiger partial charge in [-0.2, -0.15) is 0 Å². The summed E-state index contributed by atoms with van der Waals surface area (Å²) >= 11 is 0. The number of aryl methyl sites for hydroxylation is 1. The summed E-state index contributed by atoms with van der Waals surface area (Å²) in [5, 5.41) is 0. The lowest BCUT2D eigenvalue weighted by atomic mass is 9.32. The standard InChI is InChI=1S/C34H35B/c1-5-7-8-17-28-18-9-11-22-31(25-28)35(33-24-14-20-29-19-10-12-23-32(29)33)27(4)34-26(3)16-13-21-30(34)15-6-2/h5-13,15,17,19,21-26H,2,14,16,20H2,1,3-4H3/b7-5-,17-8-,30-15-,34-27+. The van der Waals surface area contributed by atoms with Crippen LogP contribution in [0, 0.1) is 5.92 Å². The summed E-state index contributed by atoms with van der Waals surface area (Å²) in [6.45, 7) is 10.9. The number of hydrogen-bond acceptors (Lipinski definition) is 0. The maximum atomic E-state index is 3.99. The number of allylic oxidation sites excluding steroid dienone is 17. The highest BCUT2D eigenvalue weighted by Gasteiger charge is 2.32. The van der Waals surface area contributed by atoms with Gasteiger partial charge in [0, 0.05) is 5.57 Å². The summed E-state index contributed by atoms with van der Waals surface area (Å²) in [6.07, 6.45) is 31.4. The molecule has 0 bridgehead atoms. The fourth-order valence-corrected chi connectivity index (χ4v) is 5.50. The summed E-state index contributed by atoms with van der Waals surface area (Å²) in [5.41, 5.74) is 14.3. The van der Waals surface area contributed by atoms with Gasteiger partial charge in [0.05, 0.1) is 0 Å². The molecule has 0 saturated heterocycles. The Morgan fingerprint density at radius 1 is 1.17 bits per heavy atom. The van der Waals surface area contributed by atoms with Crippen LogP contribution in [0.15, 0.2) is 143 Å². The van der Waals surface area contributed by atoms with Gasteiger partial charge in [-0.1, -0.05) is 128 Å². The minimum atomic E-state index is 0.170. The minimum Gasteiger partial charge on any atom is -0.113 e. The van der Waals surface area contributed by atoms with Crippen molar-refractivity contribution in [3.8, 4) is 0 Å². The third-order valence-electron chi connectivity index (χ3n) is 7.03. The predicted octanol–water partition coefficient (Wildman–Crippen LogP) is 8.86. The number of rotatable bonds is 6. The zero-order valence-corrected chi connectivity index (χ0v) is 21.3. The van der Waals surface area contributed by atoms with E-state index < -0.39 is 0 Å². The van der Waals surface area contributed by atoms with Gasteiger partial charge in [0.2, 0.25) is 6.71 Å². The van der Waals surface area contributed by atoms with E-state index in [0.717, 1.165) is 24.8 Å². The van der Waals surface area contributed by atoms with Crippen molar-refractivity contribution in [2.75, 3.05) is 0 Å². The molecule has 174 valence electrons. The van der Waals surface area contributed by atoms with Crippen LogP contribution in [0.5, 0.6) is 0 Å². The van der Waals surface area contributed by atoms with Gasteiger partial charge in [-0.25, -0.2) is 0 Å². The van der Waals surface area contributed by atoms with Crippen LogP contribution in [-0.2, 0) is 6.42 Å². The lowest BCUT2D eigenvalue weighted by Gasteiger charge is -2.30. The summed E-state index contributed by atoms with van der Waals surface area (Å²) in [7, 11) is 0. The molecule has 35 heavy (non-hydrogen) atoms. The maximum Gasteiger partial charge on any atom is 0.237 e. The maximum absolute atomic E-state index is 3.99. The molecule has 0 spiro atoms.